The fraction of sp³-hybridized carbons (Fsp3) is 0.409. The smallest absolute Gasteiger partial charge is 0.322 e. The van der Waals surface area contributed by atoms with Gasteiger partial charge in [-0.15, -0.1) is 16.4 Å². The number of rotatable bonds is 8. The maximum absolute atomic E-state index is 12.7. The summed E-state index contributed by atoms with van der Waals surface area (Å²) >= 11 is 6.87. The number of piperidine rings is 1. The summed E-state index contributed by atoms with van der Waals surface area (Å²) in [6, 6.07) is 9.44. The third-order valence-electron chi connectivity index (χ3n) is 5.89. The minimum absolute atomic E-state index is 0.0442. The van der Waals surface area contributed by atoms with Crippen molar-refractivity contribution in [2.75, 3.05) is 18.4 Å². The third kappa shape index (κ3) is 5.80. The van der Waals surface area contributed by atoms with Crippen molar-refractivity contribution in [3.05, 3.63) is 52.2 Å². The molecule has 0 radical (unpaired) electrons. The molecule has 2 aromatic heterocycles. The van der Waals surface area contributed by atoms with Gasteiger partial charge in [0, 0.05) is 19.0 Å². The Bertz CT molecular complexity index is 1440. The van der Waals surface area contributed by atoms with Gasteiger partial charge in [-0.25, -0.2) is 16.8 Å². The number of sulfone groups is 1. The second-order valence-electron chi connectivity index (χ2n) is 8.64. The molecule has 1 N–H and O–H groups in total. The van der Waals surface area contributed by atoms with Crippen LogP contribution in [0.4, 0.5) is 6.01 Å². The van der Waals surface area contributed by atoms with Gasteiger partial charge in [0.25, 0.3) is 10.0 Å². The molecular weight excluding hydrogens is 548 g/mol. The highest BCUT2D eigenvalue weighted by Crippen LogP contribution is 2.31. The molecule has 0 spiro atoms. The third-order valence-corrected chi connectivity index (χ3v) is 11.7. The number of aromatic nitrogens is 2. The molecule has 0 atom stereocenters. The molecule has 0 unspecified atom stereocenters. The van der Waals surface area contributed by atoms with E-state index in [1.807, 2.05) is 0 Å². The Kier molecular flexibility index (Phi) is 7.86. The summed E-state index contributed by atoms with van der Waals surface area (Å²) in [5.74, 6) is -0.445. The first-order valence-corrected chi connectivity index (χ1v) is 15.4. The second kappa shape index (κ2) is 10.6. The lowest BCUT2D eigenvalue weighted by Crippen LogP contribution is -2.41. The summed E-state index contributed by atoms with van der Waals surface area (Å²) < 4.78 is 57.4. The topological polar surface area (TPSA) is 140 Å². The predicted molar refractivity (Wildman–Crippen MR) is 135 cm³/mol. The largest absolute Gasteiger partial charge is 0.407 e. The summed E-state index contributed by atoms with van der Waals surface area (Å²) in [7, 11) is -6.98. The molecule has 0 bridgehead atoms. The van der Waals surface area contributed by atoms with E-state index >= 15 is 0 Å². The summed E-state index contributed by atoms with van der Waals surface area (Å²) in [5, 5.41) is 9.90. The van der Waals surface area contributed by atoms with Gasteiger partial charge in [-0.05, 0) is 56.5 Å². The van der Waals surface area contributed by atoms with Crippen LogP contribution in [0.2, 0.25) is 4.34 Å². The van der Waals surface area contributed by atoms with Crippen LogP contribution in [-0.2, 0) is 31.1 Å². The van der Waals surface area contributed by atoms with Gasteiger partial charge in [0.15, 0.2) is 9.84 Å². The van der Waals surface area contributed by atoms with E-state index < -0.39 is 31.0 Å². The quantitative estimate of drug-likeness (QED) is 0.432. The maximum atomic E-state index is 12.7. The Balaban J connectivity index is 1.31. The van der Waals surface area contributed by atoms with E-state index in [0.29, 0.717) is 17.2 Å². The number of hydrogen-bond donors (Lipinski definition) is 1. The number of sulfonamides is 1. The van der Waals surface area contributed by atoms with Crippen LogP contribution in [0.3, 0.4) is 0 Å². The Morgan fingerprint density at radius 1 is 1.11 bits per heavy atom. The molecule has 1 aliphatic heterocycles. The highest BCUT2D eigenvalue weighted by molar-refractivity contribution is 7.92. The van der Waals surface area contributed by atoms with Gasteiger partial charge >= 0.3 is 6.01 Å². The Morgan fingerprint density at radius 2 is 1.78 bits per heavy atom. The molecule has 1 amide bonds. The van der Waals surface area contributed by atoms with E-state index in [2.05, 4.69) is 15.5 Å². The highest BCUT2D eigenvalue weighted by atomic mass is 35.5. The zero-order chi connectivity index (χ0) is 26.1. The monoisotopic (exact) mass is 572 g/mol. The van der Waals surface area contributed by atoms with Crippen LogP contribution in [0.5, 0.6) is 0 Å². The Labute approximate surface area is 218 Å². The number of hydrogen-bond acceptors (Lipinski definition) is 9. The number of carbonyl (C=O) groups excluding carboxylic acids is 1. The zero-order valence-corrected chi connectivity index (χ0v) is 22.8. The van der Waals surface area contributed by atoms with Gasteiger partial charge in [0.2, 0.25) is 11.8 Å². The zero-order valence-electron chi connectivity index (χ0n) is 19.5. The van der Waals surface area contributed by atoms with Crippen LogP contribution < -0.4 is 5.32 Å². The van der Waals surface area contributed by atoms with Gasteiger partial charge in [0.1, 0.15) is 4.21 Å². The normalized spacial score (nSPS) is 15.9. The second-order valence-corrected chi connectivity index (χ2v) is 15.0. The molecule has 0 aliphatic carbocycles. The molecule has 1 saturated heterocycles. The standard InChI is InChI=1S/C22H25ClN4O6S3/c1-14(2)35(29,30)17-5-3-15(4-6-17)13-19-25-26-22(33-19)24-21(28)16-9-11-27(12-10-16)36(31,32)20-8-7-18(23)34-20/h3-8,14,16H,9-13H2,1-2H3,(H,24,26,28). The molecule has 4 rings (SSSR count). The summed E-state index contributed by atoms with van der Waals surface area (Å²) in [5.41, 5.74) is 0.778. The summed E-state index contributed by atoms with van der Waals surface area (Å²) in [4.78, 5) is 12.9. The summed E-state index contributed by atoms with van der Waals surface area (Å²) in [6.07, 6.45) is 0.988. The van der Waals surface area contributed by atoms with Gasteiger partial charge in [0.05, 0.1) is 20.9 Å². The number of benzene rings is 1. The fourth-order valence-corrected chi connectivity index (χ4v) is 7.92. The van der Waals surface area contributed by atoms with Crippen molar-refractivity contribution >= 4 is 54.7 Å². The molecule has 14 heteroatoms. The molecule has 194 valence electrons. The van der Waals surface area contributed by atoms with Crippen LogP contribution in [0.15, 0.2) is 49.9 Å². The molecule has 3 aromatic rings. The molecule has 1 aliphatic rings. The first-order chi connectivity index (χ1) is 17.0. The molecular formula is C22H25ClN4O6S3. The van der Waals surface area contributed by atoms with E-state index in [1.165, 1.54) is 10.4 Å². The molecule has 10 nitrogen and oxygen atoms in total. The predicted octanol–water partition coefficient (Wildman–Crippen LogP) is 3.60. The number of nitrogens with one attached hydrogen (secondary N) is 1. The van der Waals surface area contributed by atoms with Crippen molar-refractivity contribution in [3.8, 4) is 0 Å². The van der Waals surface area contributed by atoms with E-state index in [1.54, 1.807) is 44.2 Å². The first-order valence-electron chi connectivity index (χ1n) is 11.2. The van der Waals surface area contributed by atoms with Crippen molar-refractivity contribution in [2.24, 2.45) is 5.92 Å². The minimum Gasteiger partial charge on any atom is -0.407 e. The van der Waals surface area contributed by atoms with Crippen LogP contribution >= 0.6 is 22.9 Å². The fourth-order valence-electron chi connectivity index (χ4n) is 3.75. The van der Waals surface area contributed by atoms with E-state index in [0.717, 1.165) is 16.9 Å². The number of carbonyl (C=O) groups is 1. The Hall–Kier alpha value is -2.32. The maximum Gasteiger partial charge on any atom is 0.322 e. The number of nitrogens with zero attached hydrogens (tertiary/aromatic N) is 3. The van der Waals surface area contributed by atoms with Crippen LogP contribution in [0.1, 0.15) is 38.1 Å². The van der Waals surface area contributed by atoms with Gasteiger partial charge in [-0.1, -0.05) is 28.8 Å². The van der Waals surface area contributed by atoms with Crippen molar-refractivity contribution in [1.29, 1.82) is 0 Å². The van der Waals surface area contributed by atoms with Gasteiger partial charge < -0.3 is 4.42 Å². The SMILES string of the molecule is CC(C)S(=O)(=O)c1ccc(Cc2nnc(NC(=O)C3CCN(S(=O)(=O)c4ccc(Cl)s4)CC3)o2)cc1. The van der Waals surface area contributed by atoms with Crippen LogP contribution in [0, 0.1) is 5.92 Å². The lowest BCUT2D eigenvalue weighted by molar-refractivity contribution is -0.121. The number of amides is 1. The van der Waals surface area contributed by atoms with E-state index in [9.17, 15) is 21.6 Å². The van der Waals surface area contributed by atoms with E-state index in [4.69, 9.17) is 16.0 Å². The van der Waals surface area contributed by atoms with Crippen molar-refractivity contribution in [2.45, 2.75) is 47.5 Å². The van der Waals surface area contributed by atoms with Crippen LogP contribution in [0.25, 0.3) is 0 Å². The molecule has 36 heavy (non-hydrogen) atoms. The number of halogens is 1. The average Bonchev–Trinajstić information content (AvgIpc) is 3.48. The van der Waals surface area contributed by atoms with Crippen molar-refractivity contribution in [3.63, 3.8) is 0 Å². The van der Waals surface area contributed by atoms with Crippen molar-refractivity contribution in [1.82, 2.24) is 14.5 Å². The number of thiophene rings is 1. The molecule has 0 saturated carbocycles. The average molecular weight is 573 g/mol. The van der Waals surface area contributed by atoms with Crippen molar-refractivity contribution < 1.29 is 26.0 Å². The van der Waals surface area contributed by atoms with Gasteiger partial charge in [-0.2, -0.15) is 4.31 Å². The van der Waals surface area contributed by atoms with Gasteiger partial charge in [-0.3, -0.25) is 10.1 Å². The molecule has 3 heterocycles. The van der Waals surface area contributed by atoms with Crippen LogP contribution in [-0.4, -0.2) is 55.6 Å². The minimum atomic E-state index is -3.63. The number of anilines is 1. The Morgan fingerprint density at radius 3 is 2.36 bits per heavy atom. The highest BCUT2D eigenvalue weighted by Gasteiger charge is 2.33. The molecule has 1 fully saturated rings. The lowest BCUT2D eigenvalue weighted by Gasteiger charge is -2.29. The first kappa shape index (κ1) is 26.7. The molecule has 1 aromatic carbocycles. The summed E-state index contributed by atoms with van der Waals surface area (Å²) in [6.45, 7) is 3.69. The van der Waals surface area contributed by atoms with E-state index in [-0.39, 0.29) is 46.4 Å². The lowest BCUT2D eigenvalue weighted by atomic mass is 9.97.